The Morgan fingerprint density at radius 1 is 1.47 bits per heavy atom. The molecule has 1 aromatic rings. The number of hydrogen-bond acceptors (Lipinski definition) is 3. The van der Waals surface area contributed by atoms with Gasteiger partial charge in [0.05, 0.1) is 12.7 Å². The minimum Gasteiger partial charge on any atom is -0.465 e. The van der Waals surface area contributed by atoms with Crippen molar-refractivity contribution in [2.45, 2.75) is 31.6 Å². The van der Waals surface area contributed by atoms with Gasteiger partial charge in [0.15, 0.2) is 5.92 Å². The van der Waals surface area contributed by atoms with E-state index >= 15 is 0 Å². The zero-order chi connectivity index (χ0) is 13.9. The predicted molar refractivity (Wildman–Crippen MR) is 67.7 cm³/mol. The smallest absolute Gasteiger partial charge is 0.324 e. The lowest BCUT2D eigenvalue weighted by atomic mass is 9.58. The molecular formula is C15H16FNO2. The Morgan fingerprint density at radius 2 is 2.11 bits per heavy atom. The molecule has 4 heteroatoms. The largest absolute Gasteiger partial charge is 0.465 e. The van der Waals surface area contributed by atoms with Crippen molar-refractivity contribution in [3.05, 3.63) is 35.6 Å². The van der Waals surface area contributed by atoms with E-state index in [1.165, 1.54) is 12.1 Å². The molecule has 1 aromatic carbocycles. The highest BCUT2D eigenvalue weighted by molar-refractivity contribution is 5.78. The summed E-state index contributed by atoms with van der Waals surface area (Å²) in [5, 5.41) is 9.31. The Kier molecular flexibility index (Phi) is 3.84. The minimum atomic E-state index is -0.813. The molecule has 0 aliphatic heterocycles. The van der Waals surface area contributed by atoms with Crippen molar-refractivity contribution in [1.82, 2.24) is 0 Å². The van der Waals surface area contributed by atoms with E-state index in [-0.39, 0.29) is 12.4 Å². The lowest BCUT2D eigenvalue weighted by Gasteiger charge is -2.44. The van der Waals surface area contributed by atoms with E-state index in [9.17, 15) is 14.4 Å². The van der Waals surface area contributed by atoms with Crippen LogP contribution in [0.3, 0.4) is 0 Å². The Morgan fingerprint density at radius 3 is 2.53 bits per heavy atom. The number of halogens is 1. The summed E-state index contributed by atoms with van der Waals surface area (Å²) in [5.41, 5.74) is 0.342. The lowest BCUT2D eigenvalue weighted by molar-refractivity contribution is -0.149. The molecule has 19 heavy (non-hydrogen) atoms. The molecule has 0 N–H and O–H groups in total. The van der Waals surface area contributed by atoms with Gasteiger partial charge < -0.3 is 4.74 Å². The van der Waals surface area contributed by atoms with Gasteiger partial charge in [0.2, 0.25) is 0 Å². The Labute approximate surface area is 112 Å². The third kappa shape index (κ3) is 2.33. The number of hydrogen-bond donors (Lipinski definition) is 0. The number of benzene rings is 1. The third-order valence-electron chi connectivity index (χ3n) is 3.87. The fourth-order valence-electron chi connectivity index (χ4n) is 2.71. The molecule has 0 heterocycles. The van der Waals surface area contributed by atoms with Gasteiger partial charge in [-0.25, -0.2) is 4.39 Å². The van der Waals surface area contributed by atoms with Crippen molar-refractivity contribution in [2.24, 2.45) is 5.92 Å². The van der Waals surface area contributed by atoms with E-state index in [4.69, 9.17) is 4.74 Å². The molecule has 0 bridgehead atoms. The van der Waals surface area contributed by atoms with Crippen molar-refractivity contribution in [3.63, 3.8) is 0 Å². The maximum absolute atomic E-state index is 13.0. The summed E-state index contributed by atoms with van der Waals surface area (Å²) in [4.78, 5) is 11.9. The summed E-state index contributed by atoms with van der Waals surface area (Å²) >= 11 is 0. The first-order valence-electron chi connectivity index (χ1n) is 6.46. The molecule has 100 valence electrons. The molecule has 1 aliphatic rings. The van der Waals surface area contributed by atoms with E-state index in [2.05, 4.69) is 6.07 Å². The van der Waals surface area contributed by atoms with Crippen molar-refractivity contribution in [1.29, 1.82) is 5.26 Å². The lowest BCUT2D eigenvalue weighted by Crippen LogP contribution is -2.45. The number of nitrogens with zero attached hydrogens (tertiary/aromatic N) is 1. The van der Waals surface area contributed by atoms with Gasteiger partial charge in [-0.3, -0.25) is 4.79 Å². The number of rotatable bonds is 4. The molecule has 0 amide bonds. The standard InChI is InChI=1S/C15H16FNO2/c1-2-19-14(18)13(10-17)15(8-3-9-15)11-4-6-12(16)7-5-11/h4-7,13H,2-3,8-9H2,1H3. The monoisotopic (exact) mass is 261 g/mol. The van der Waals surface area contributed by atoms with Crippen LogP contribution in [0.2, 0.25) is 0 Å². The zero-order valence-corrected chi connectivity index (χ0v) is 10.9. The highest BCUT2D eigenvalue weighted by Crippen LogP contribution is 2.49. The van der Waals surface area contributed by atoms with E-state index in [0.717, 1.165) is 24.8 Å². The van der Waals surface area contributed by atoms with Gasteiger partial charge in [0.25, 0.3) is 0 Å². The average Bonchev–Trinajstić information content (AvgIpc) is 2.35. The Bertz CT molecular complexity index is 500. The van der Waals surface area contributed by atoms with Gasteiger partial charge in [0, 0.05) is 5.41 Å². The van der Waals surface area contributed by atoms with Crippen LogP contribution in [0, 0.1) is 23.1 Å². The number of carbonyl (C=O) groups is 1. The van der Waals surface area contributed by atoms with Crippen LogP contribution in [0.25, 0.3) is 0 Å². The summed E-state index contributed by atoms with van der Waals surface area (Å²) in [5.74, 6) is -1.61. The molecule has 1 fully saturated rings. The summed E-state index contributed by atoms with van der Waals surface area (Å²) in [6, 6.07) is 8.14. The van der Waals surface area contributed by atoms with Crippen molar-refractivity contribution < 1.29 is 13.9 Å². The number of nitriles is 1. The van der Waals surface area contributed by atoms with Crippen molar-refractivity contribution >= 4 is 5.97 Å². The van der Waals surface area contributed by atoms with Gasteiger partial charge in [-0.05, 0) is 37.5 Å². The van der Waals surface area contributed by atoms with Crippen LogP contribution < -0.4 is 0 Å². The first-order chi connectivity index (χ1) is 9.14. The van der Waals surface area contributed by atoms with Crippen molar-refractivity contribution in [2.75, 3.05) is 6.61 Å². The first kappa shape index (κ1) is 13.5. The molecule has 0 saturated heterocycles. The van der Waals surface area contributed by atoms with Crippen LogP contribution >= 0.6 is 0 Å². The molecular weight excluding hydrogens is 245 g/mol. The van der Waals surface area contributed by atoms with Crippen LogP contribution in [0.5, 0.6) is 0 Å². The molecule has 0 spiro atoms. The summed E-state index contributed by atoms with van der Waals surface area (Å²) in [7, 11) is 0. The maximum atomic E-state index is 13.0. The zero-order valence-electron chi connectivity index (χ0n) is 10.9. The second-order valence-electron chi connectivity index (χ2n) is 4.83. The molecule has 1 saturated carbocycles. The van der Waals surface area contributed by atoms with Gasteiger partial charge >= 0.3 is 5.97 Å². The Balaban J connectivity index is 2.34. The second-order valence-corrected chi connectivity index (χ2v) is 4.83. The number of ether oxygens (including phenoxy) is 1. The van der Waals surface area contributed by atoms with Crippen LogP contribution in [-0.4, -0.2) is 12.6 Å². The van der Waals surface area contributed by atoms with Gasteiger partial charge in [0.1, 0.15) is 5.82 Å². The topological polar surface area (TPSA) is 50.1 Å². The highest BCUT2D eigenvalue weighted by atomic mass is 19.1. The number of esters is 1. The first-order valence-corrected chi connectivity index (χ1v) is 6.46. The van der Waals surface area contributed by atoms with Crippen molar-refractivity contribution in [3.8, 4) is 6.07 Å². The highest BCUT2D eigenvalue weighted by Gasteiger charge is 2.49. The molecule has 1 unspecified atom stereocenters. The SMILES string of the molecule is CCOC(=O)C(C#N)C1(c2ccc(F)cc2)CCC1. The maximum Gasteiger partial charge on any atom is 0.324 e. The van der Waals surface area contributed by atoms with E-state index in [1.54, 1.807) is 19.1 Å². The molecule has 0 aromatic heterocycles. The van der Waals surface area contributed by atoms with Crippen LogP contribution in [0.1, 0.15) is 31.7 Å². The summed E-state index contributed by atoms with van der Waals surface area (Å²) in [6.45, 7) is 1.98. The summed E-state index contributed by atoms with van der Waals surface area (Å²) in [6.07, 6.45) is 2.49. The van der Waals surface area contributed by atoms with E-state index < -0.39 is 17.3 Å². The van der Waals surface area contributed by atoms with Crippen LogP contribution in [-0.2, 0) is 14.9 Å². The van der Waals surface area contributed by atoms with E-state index in [1.807, 2.05) is 0 Å². The molecule has 0 radical (unpaired) electrons. The fourth-order valence-corrected chi connectivity index (χ4v) is 2.71. The fraction of sp³-hybridized carbons (Fsp3) is 0.467. The minimum absolute atomic E-state index is 0.260. The molecule has 2 rings (SSSR count). The van der Waals surface area contributed by atoms with Crippen LogP contribution in [0.4, 0.5) is 4.39 Å². The van der Waals surface area contributed by atoms with Gasteiger partial charge in [-0.1, -0.05) is 18.6 Å². The normalized spacial score (nSPS) is 17.9. The summed E-state index contributed by atoms with van der Waals surface area (Å²) < 4.78 is 18.0. The van der Waals surface area contributed by atoms with Crippen LogP contribution in [0.15, 0.2) is 24.3 Å². The quantitative estimate of drug-likeness (QED) is 0.783. The van der Waals surface area contributed by atoms with Gasteiger partial charge in [-0.2, -0.15) is 5.26 Å². The number of carbonyl (C=O) groups excluding carboxylic acids is 1. The Hall–Kier alpha value is -1.89. The third-order valence-corrected chi connectivity index (χ3v) is 3.87. The average molecular weight is 261 g/mol. The van der Waals surface area contributed by atoms with Gasteiger partial charge in [-0.15, -0.1) is 0 Å². The second kappa shape index (κ2) is 5.40. The van der Waals surface area contributed by atoms with E-state index in [0.29, 0.717) is 0 Å². The molecule has 1 aliphatic carbocycles. The molecule has 3 nitrogen and oxygen atoms in total. The molecule has 1 atom stereocenters. The predicted octanol–water partition coefficient (Wildman–Crippen LogP) is 2.95.